The number of nitrogens with one attached hydrogen (secondary N) is 1. The summed E-state index contributed by atoms with van der Waals surface area (Å²) in [5.41, 5.74) is 0.875. The van der Waals surface area contributed by atoms with Crippen LogP contribution in [-0.4, -0.2) is 25.9 Å². The van der Waals surface area contributed by atoms with Gasteiger partial charge in [0, 0.05) is 10.6 Å². The molecule has 30 heavy (non-hydrogen) atoms. The number of aromatic nitrogens is 3. The third-order valence-corrected chi connectivity index (χ3v) is 5.71. The Bertz CT molecular complexity index is 1090. The molecule has 1 N–H and O–H groups in total. The van der Waals surface area contributed by atoms with Crippen LogP contribution in [0.15, 0.2) is 75.0 Å². The highest BCUT2D eigenvalue weighted by molar-refractivity contribution is 8.00. The van der Waals surface area contributed by atoms with E-state index in [9.17, 15) is 4.79 Å². The van der Waals surface area contributed by atoms with E-state index in [1.807, 2.05) is 41.8 Å². The van der Waals surface area contributed by atoms with Crippen LogP contribution >= 0.6 is 23.4 Å². The zero-order valence-corrected chi connectivity index (χ0v) is 17.7. The second kappa shape index (κ2) is 9.23. The number of rotatable bonds is 8. The maximum Gasteiger partial charge on any atom is 0.233 e. The summed E-state index contributed by atoms with van der Waals surface area (Å²) < 4.78 is 12.7. The predicted molar refractivity (Wildman–Crippen MR) is 114 cm³/mol. The Kier molecular flexibility index (Phi) is 6.25. The lowest BCUT2D eigenvalue weighted by atomic mass is 10.2. The Morgan fingerprint density at radius 3 is 2.47 bits per heavy atom. The lowest BCUT2D eigenvalue weighted by molar-refractivity contribution is -0.120. The maximum atomic E-state index is 12.5. The van der Waals surface area contributed by atoms with Gasteiger partial charge in [-0.3, -0.25) is 9.36 Å². The highest BCUT2D eigenvalue weighted by Crippen LogP contribution is 2.28. The van der Waals surface area contributed by atoms with Gasteiger partial charge in [-0.05, 0) is 55.5 Å². The zero-order chi connectivity index (χ0) is 20.9. The molecule has 3 heterocycles. The fraction of sp³-hybridized carbons (Fsp3) is 0.190. The Labute approximate surface area is 182 Å². The monoisotopic (exact) mass is 442 g/mol. The fourth-order valence-electron chi connectivity index (χ4n) is 2.83. The van der Waals surface area contributed by atoms with Crippen LogP contribution in [0.3, 0.4) is 0 Å². The first-order valence-electron chi connectivity index (χ1n) is 9.28. The minimum atomic E-state index is -0.377. The van der Waals surface area contributed by atoms with Gasteiger partial charge in [0.05, 0.1) is 30.9 Å². The topological polar surface area (TPSA) is 86.1 Å². The molecule has 0 aliphatic rings. The number of nitrogens with zero attached hydrogens (tertiary/aromatic N) is 3. The second-order valence-corrected chi connectivity index (χ2v) is 8.28. The first-order chi connectivity index (χ1) is 14.6. The molecule has 0 aliphatic carbocycles. The van der Waals surface area contributed by atoms with Crippen LogP contribution in [-0.2, 0) is 17.9 Å². The molecule has 0 spiro atoms. The highest BCUT2D eigenvalue weighted by Gasteiger charge is 2.21. The van der Waals surface area contributed by atoms with E-state index in [0.29, 0.717) is 34.9 Å². The average molecular weight is 443 g/mol. The van der Waals surface area contributed by atoms with Gasteiger partial charge in [0.25, 0.3) is 0 Å². The number of halogens is 1. The maximum absolute atomic E-state index is 12.5. The van der Waals surface area contributed by atoms with E-state index in [1.165, 1.54) is 11.8 Å². The fourth-order valence-corrected chi connectivity index (χ4v) is 3.83. The van der Waals surface area contributed by atoms with Crippen LogP contribution in [0.25, 0.3) is 11.4 Å². The SMILES string of the molecule is C[C@@H](Sc1nnc(-c2ccc(Cl)cc2)n1Cc1ccco1)C(=O)NCc1ccco1. The largest absolute Gasteiger partial charge is 0.467 e. The third kappa shape index (κ3) is 4.77. The molecule has 4 aromatic rings. The number of carbonyl (C=O) groups excluding carboxylic acids is 1. The van der Waals surface area contributed by atoms with Crippen molar-refractivity contribution in [3.8, 4) is 11.4 Å². The van der Waals surface area contributed by atoms with Gasteiger partial charge >= 0.3 is 0 Å². The van der Waals surface area contributed by atoms with Crippen LogP contribution in [0.4, 0.5) is 0 Å². The van der Waals surface area contributed by atoms with Gasteiger partial charge in [0.1, 0.15) is 11.5 Å². The van der Waals surface area contributed by atoms with Crippen LogP contribution in [0.5, 0.6) is 0 Å². The summed E-state index contributed by atoms with van der Waals surface area (Å²) in [5, 5.41) is 12.4. The van der Waals surface area contributed by atoms with Gasteiger partial charge in [-0.1, -0.05) is 23.4 Å². The number of hydrogen-bond acceptors (Lipinski definition) is 6. The standard InChI is InChI=1S/C21H19ClN4O3S/c1-14(20(27)23-12-17-4-2-10-28-17)30-21-25-24-19(15-6-8-16(22)9-7-15)26(21)13-18-5-3-11-29-18/h2-11,14H,12-13H2,1H3,(H,23,27)/t14-/m1/s1. The lowest BCUT2D eigenvalue weighted by Crippen LogP contribution is -2.30. The molecule has 7 nitrogen and oxygen atoms in total. The molecule has 3 aromatic heterocycles. The van der Waals surface area contributed by atoms with Gasteiger partial charge in [-0.15, -0.1) is 10.2 Å². The molecule has 154 valence electrons. The van der Waals surface area contributed by atoms with Crippen molar-refractivity contribution >= 4 is 29.3 Å². The van der Waals surface area contributed by atoms with Crippen molar-refractivity contribution in [2.24, 2.45) is 0 Å². The van der Waals surface area contributed by atoms with Crippen LogP contribution in [0, 0.1) is 0 Å². The van der Waals surface area contributed by atoms with Crippen molar-refractivity contribution in [1.29, 1.82) is 0 Å². The minimum absolute atomic E-state index is 0.114. The predicted octanol–water partition coefficient (Wildman–Crippen LogP) is 4.63. The normalized spacial score (nSPS) is 12.1. The van der Waals surface area contributed by atoms with Crippen molar-refractivity contribution in [3.05, 3.63) is 77.6 Å². The van der Waals surface area contributed by atoms with Crippen molar-refractivity contribution in [2.75, 3.05) is 0 Å². The lowest BCUT2D eigenvalue weighted by Gasteiger charge is -2.13. The molecule has 0 aliphatic heterocycles. The molecule has 9 heteroatoms. The molecular weight excluding hydrogens is 424 g/mol. The van der Waals surface area contributed by atoms with E-state index in [4.69, 9.17) is 20.4 Å². The van der Waals surface area contributed by atoms with E-state index in [2.05, 4.69) is 15.5 Å². The molecule has 0 saturated carbocycles. The Morgan fingerprint density at radius 1 is 1.10 bits per heavy atom. The van der Waals surface area contributed by atoms with E-state index >= 15 is 0 Å². The molecule has 1 atom stereocenters. The molecule has 1 amide bonds. The zero-order valence-electron chi connectivity index (χ0n) is 16.1. The first kappa shape index (κ1) is 20.3. The van der Waals surface area contributed by atoms with E-state index in [-0.39, 0.29) is 11.2 Å². The molecule has 4 rings (SSSR count). The second-order valence-electron chi connectivity index (χ2n) is 6.54. The number of amides is 1. The molecule has 0 radical (unpaired) electrons. The number of thioether (sulfide) groups is 1. The molecule has 0 unspecified atom stereocenters. The van der Waals surface area contributed by atoms with Crippen LogP contribution in [0.1, 0.15) is 18.4 Å². The van der Waals surface area contributed by atoms with E-state index in [1.54, 1.807) is 30.7 Å². The van der Waals surface area contributed by atoms with Crippen molar-refractivity contribution in [3.63, 3.8) is 0 Å². The van der Waals surface area contributed by atoms with Crippen molar-refractivity contribution in [1.82, 2.24) is 20.1 Å². The summed E-state index contributed by atoms with van der Waals surface area (Å²) in [6.45, 7) is 2.61. The van der Waals surface area contributed by atoms with Crippen LogP contribution < -0.4 is 5.32 Å². The first-order valence-corrected chi connectivity index (χ1v) is 10.5. The number of carbonyl (C=O) groups is 1. The number of hydrogen-bond donors (Lipinski definition) is 1. The summed E-state index contributed by atoms with van der Waals surface area (Å²) in [6, 6.07) is 14.7. The van der Waals surface area contributed by atoms with Gasteiger partial charge in [0.2, 0.25) is 5.91 Å². The Balaban J connectivity index is 1.54. The Morgan fingerprint density at radius 2 is 1.80 bits per heavy atom. The average Bonchev–Trinajstić information content (AvgIpc) is 3.51. The van der Waals surface area contributed by atoms with Gasteiger partial charge in [-0.25, -0.2) is 0 Å². The molecule has 0 bridgehead atoms. The summed E-state index contributed by atoms with van der Waals surface area (Å²) >= 11 is 7.35. The smallest absolute Gasteiger partial charge is 0.233 e. The highest BCUT2D eigenvalue weighted by atomic mass is 35.5. The molecular formula is C21H19ClN4O3S. The number of furan rings is 2. The molecule has 0 saturated heterocycles. The van der Waals surface area contributed by atoms with Crippen molar-refractivity contribution < 1.29 is 13.6 Å². The van der Waals surface area contributed by atoms with E-state index in [0.717, 1.165) is 11.3 Å². The third-order valence-electron chi connectivity index (χ3n) is 4.38. The van der Waals surface area contributed by atoms with Gasteiger partial charge in [-0.2, -0.15) is 0 Å². The quantitative estimate of drug-likeness (QED) is 0.400. The van der Waals surface area contributed by atoms with Gasteiger partial charge < -0.3 is 14.2 Å². The molecule has 0 fully saturated rings. The summed E-state index contributed by atoms with van der Waals surface area (Å²) in [7, 11) is 0. The summed E-state index contributed by atoms with van der Waals surface area (Å²) in [4.78, 5) is 12.5. The minimum Gasteiger partial charge on any atom is -0.467 e. The van der Waals surface area contributed by atoms with Crippen molar-refractivity contribution in [2.45, 2.75) is 30.4 Å². The number of benzene rings is 1. The molecule has 1 aromatic carbocycles. The van der Waals surface area contributed by atoms with Gasteiger partial charge in [0.15, 0.2) is 11.0 Å². The summed E-state index contributed by atoms with van der Waals surface area (Å²) in [6.07, 6.45) is 3.20. The van der Waals surface area contributed by atoms with E-state index < -0.39 is 0 Å². The summed E-state index contributed by atoms with van der Waals surface area (Å²) in [5.74, 6) is 2.03. The Hall–Kier alpha value is -2.97. The van der Waals surface area contributed by atoms with Crippen LogP contribution in [0.2, 0.25) is 5.02 Å².